The van der Waals surface area contributed by atoms with Gasteiger partial charge >= 0.3 is 0 Å². The van der Waals surface area contributed by atoms with Crippen LogP contribution in [-0.4, -0.2) is 41.2 Å². The number of rotatable bonds is 5. The van der Waals surface area contributed by atoms with Crippen molar-refractivity contribution >= 4 is 38.9 Å². The van der Waals surface area contributed by atoms with Crippen molar-refractivity contribution in [3.63, 3.8) is 0 Å². The lowest BCUT2D eigenvalue weighted by molar-refractivity contribution is -0.117. The molecule has 0 aliphatic carbocycles. The zero-order valence-corrected chi connectivity index (χ0v) is 16.7. The van der Waals surface area contributed by atoms with Gasteiger partial charge in [0.1, 0.15) is 0 Å². The molecule has 1 aromatic heterocycles. The van der Waals surface area contributed by atoms with Crippen LogP contribution >= 0.6 is 11.3 Å². The third-order valence-electron chi connectivity index (χ3n) is 5.09. The number of fused-ring (bicyclic) bond motifs is 1. The number of carbonyl (C=O) groups is 2. The second kappa shape index (κ2) is 8.20. The van der Waals surface area contributed by atoms with Crippen LogP contribution < -0.4 is 5.32 Å². The quantitative estimate of drug-likeness (QED) is 0.656. The minimum Gasteiger partial charge on any atom is -0.325 e. The fraction of sp³-hybridized carbons (Fsp3) is 0.318. The Balaban J connectivity index is 1.38. The van der Waals surface area contributed by atoms with Crippen LogP contribution in [0.15, 0.2) is 48.5 Å². The first-order valence-electron chi connectivity index (χ1n) is 9.57. The number of amides is 1. The Morgan fingerprint density at radius 1 is 1.21 bits per heavy atom. The van der Waals surface area contributed by atoms with Crippen LogP contribution in [0.5, 0.6) is 0 Å². The largest absolute Gasteiger partial charge is 0.325 e. The number of benzene rings is 2. The van der Waals surface area contributed by atoms with Gasteiger partial charge in [0.15, 0.2) is 5.78 Å². The third-order valence-corrected chi connectivity index (χ3v) is 6.28. The highest BCUT2D eigenvalue weighted by Gasteiger charge is 2.25. The summed E-state index contributed by atoms with van der Waals surface area (Å²) < 4.78 is 1.22. The second-order valence-electron chi connectivity index (χ2n) is 7.28. The molecular formula is C22H23N3O2S. The van der Waals surface area contributed by atoms with Gasteiger partial charge in [0.2, 0.25) is 5.91 Å². The molecule has 0 bridgehead atoms. The molecule has 1 fully saturated rings. The van der Waals surface area contributed by atoms with Gasteiger partial charge in [-0.05, 0) is 50.6 Å². The monoisotopic (exact) mass is 393 g/mol. The Labute approximate surface area is 168 Å². The fourth-order valence-corrected chi connectivity index (χ4v) is 4.78. The molecule has 0 unspecified atom stereocenters. The summed E-state index contributed by atoms with van der Waals surface area (Å²) in [5.41, 5.74) is 2.33. The van der Waals surface area contributed by atoms with Gasteiger partial charge in [-0.3, -0.25) is 14.5 Å². The van der Waals surface area contributed by atoms with Crippen molar-refractivity contribution in [1.82, 2.24) is 9.88 Å². The van der Waals surface area contributed by atoms with E-state index in [1.165, 1.54) is 16.6 Å². The first kappa shape index (κ1) is 18.8. The molecule has 144 valence electrons. The lowest BCUT2D eigenvalue weighted by Crippen LogP contribution is -2.39. The number of Topliss-reactive ketones (excluding diaryl/α,β-unsaturated/α-hetero) is 1. The van der Waals surface area contributed by atoms with E-state index in [2.05, 4.69) is 22.3 Å². The number of carbonyl (C=O) groups excluding carboxylic acids is 2. The lowest BCUT2D eigenvalue weighted by Gasteiger charge is -2.31. The van der Waals surface area contributed by atoms with E-state index < -0.39 is 0 Å². The fourth-order valence-electron chi connectivity index (χ4n) is 3.68. The summed E-state index contributed by atoms with van der Waals surface area (Å²) in [7, 11) is 0. The van der Waals surface area contributed by atoms with Crippen molar-refractivity contribution in [2.45, 2.75) is 25.7 Å². The Hall–Kier alpha value is -2.57. The molecule has 1 saturated heterocycles. The van der Waals surface area contributed by atoms with Gasteiger partial charge in [0.25, 0.3) is 0 Å². The SMILES string of the molecule is CC(=O)c1cccc(NC(=O)CN2CCC[C@H](c3nc4ccccc4s3)C2)c1. The summed E-state index contributed by atoms with van der Waals surface area (Å²) in [5.74, 6) is 0.316. The number of hydrogen-bond acceptors (Lipinski definition) is 5. The standard InChI is InChI=1S/C22H23N3O2S/c1-15(26)16-6-4-8-18(12-16)23-21(27)14-25-11-5-7-17(13-25)22-24-19-9-2-3-10-20(19)28-22/h2-4,6,8-10,12,17H,5,7,11,13-14H2,1H3,(H,23,27)/t17-/m0/s1. The van der Waals surface area contributed by atoms with E-state index in [1.807, 2.05) is 18.2 Å². The molecule has 0 radical (unpaired) electrons. The molecule has 0 saturated carbocycles. The summed E-state index contributed by atoms with van der Waals surface area (Å²) in [4.78, 5) is 31.0. The number of para-hydroxylation sites is 1. The molecule has 1 aliphatic heterocycles. The molecule has 2 aromatic carbocycles. The summed E-state index contributed by atoms with van der Waals surface area (Å²) >= 11 is 1.76. The smallest absolute Gasteiger partial charge is 0.238 e. The van der Waals surface area contributed by atoms with Crippen molar-refractivity contribution in [2.75, 3.05) is 25.0 Å². The molecule has 1 atom stereocenters. The Bertz CT molecular complexity index is 981. The van der Waals surface area contributed by atoms with Crippen LogP contribution in [0.25, 0.3) is 10.2 Å². The molecule has 3 aromatic rings. The molecule has 0 spiro atoms. The van der Waals surface area contributed by atoms with E-state index in [1.54, 1.807) is 29.5 Å². The topological polar surface area (TPSA) is 62.3 Å². The normalized spacial score (nSPS) is 17.5. The molecule has 1 aliphatic rings. The van der Waals surface area contributed by atoms with Gasteiger partial charge in [-0.25, -0.2) is 4.98 Å². The van der Waals surface area contributed by atoms with Gasteiger partial charge in [-0.15, -0.1) is 11.3 Å². The van der Waals surface area contributed by atoms with Gasteiger partial charge in [0.05, 0.1) is 21.8 Å². The number of likely N-dealkylation sites (tertiary alicyclic amines) is 1. The van der Waals surface area contributed by atoms with Crippen molar-refractivity contribution in [2.24, 2.45) is 0 Å². The van der Waals surface area contributed by atoms with Crippen LogP contribution in [0.3, 0.4) is 0 Å². The van der Waals surface area contributed by atoms with E-state index in [-0.39, 0.29) is 11.7 Å². The zero-order valence-electron chi connectivity index (χ0n) is 15.9. The third kappa shape index (κ3) is 4.29. The van der Waals surface area contributed by atoms with Crippen LogP contribution in [-0.2, 0) is 4.79 Å². The highest BCUT2D eigenvalue weighted by molar-refractivity contribution is 7.18. The van der Waals surface area contributed by atoms with E-state index in [0.717, 1.165) is 31.4 Å². The minimum absolute atomic E-state index is 0.00851. The highest BCUT2D eigenvalue weighted by Crippen LogP contribution is 2.32. The predicted molar refractivity (Wildman–Crippen MR) is 113 cm³/mol. The van der Waals surface area contributed by atoms with Crippen LogP contribution in [0.4, 0.5) is 5.69 Å². The average molecular weight is 394 g/mol. The number of ketones is 1. The summed E-state index contributed by atoms with van der Waals surface area (Å²) in [6.07, 6.45) is 2.17. The molecule has 1 N–H and O–H groups in total. The number of thiazole rings is 1. The lowest BCUT2D eigenvalue weighted by atomic mass is 9.99. The molecule has 2 heterocycles. The predicted octanol–water partition coefficient (Wildman–Crippen LogP) is 4.32. The molecule has 6 heteroatoms. The first-order chi connectivity index (χ1) is 13.6. The number of hydrogen-bond donors (Lipinski definition) is 1. The van der Waals surface area contributed by atoms with Crippen molar-refractivity contribution < 1.29 is 9.59 Å². The van der Waals surface area contributed by atoms with Crippen LogP contribution in [0, 0.1) is 0 Å². The van der Waals surface area contributed by atoms with E-state index in [0.29, 0.717) is 23.7 Å². The summed E-state index contributed by atoms with van der Waals surface area (Å²) in [5, 5.41) is 4.08. The van der Waals surface area contributed by atoms with E-state index >= 15 is 0 Å². The number of anilines is 1. The van der Waals surface area contributed by atoms with Crippen molar-refractivity contribution in [3.8, 4) is 0 Å². The van der Waals surface area contributed by atoms with Gasteiger partial charge in [0, 0.05) is 23.7 Å². The van der Waals surface area contributed by atoms with E-state index in [4.69, 9.17) is 4.98 Å². The van der Waals surface area contributed by atoms with Crippen LogP contribution in [0.2, 0.25) is 0 Å². The molecule has 5 nitrogen and oxygen atoms in total. The van der Waals surface area contributed by atoms with Gasteiger partial charge < -0.3 is 5.32 Å². The average Bonchev–Trinajstić information content (AvgIpc) is 3.12. The zero-order chi connectivity index (χ0) is 19.5. The number of nitrogens with one attached hydrogen (secondary N) is 1. The number of nitrogens with zero attached hydrogens (tertiary/aromatic N) is 2. The van der Waals surface area contributed by atoms with Crippen molar-refractivity contribution in [1.29, 1.82) is 0 Å². The Morgan fingerprint density at radius 2 is 2.07 bits per heavy atom. The number of aromatic nitrogens is 1. The van der Waals surface area contributed by atoms with Crippen molar-refractivity contribution in [3.05, 3.63) is 59.1 Å². The minimum atomic E-state index is -0.0503. The van der Waals surface area contributed by atoms with Gasteiger partial charge in [-0.1, -0.05) is 24.3 Å². The highest BCUT2D eigenvalue weighted by atomic mass is 32.1. The molecule has 1 amide bonds. The second-order valence-corrected chi connectivity index (χ2v) is 8.34. The molecular weight excluding hydrogens is 370 g/mol. The van der Waals surface area contributed by atoms with E-state index in [9.17, 15) is 9.59 Å². The number of piperidine rings is 1. The first-order valence-corrected chi connectivity index (χ1v) is 10.4. The molecule has 28 heavy (non-hydrogen) atoms. The maximum atomic E-state index is 12.5. The summed E-state index contributed by atoms with van der Waals surface area (Å²) in [6.45, 7) is 3.64. The van der Waals surface area contributed by atoms with Gasteiger partial charge in [-0.2, -0.15) is 0 Å². The maximum Gasteiger partial charge on any atom is 0.238 e. The Morgan fingerprint density at radius 3 is 2.89 bits per heavy atom. The Kier molecular flexibility index (Phi) is 5.50. The van der Waals surface area contributed by atoms with Crippen LogP contribution in [0.1, 0.15) is 41.0 Å². The molecule has 4 rings (SSSR count). The maximum absolute atomic E-state index is 12.5. The summed E-state index contributed by atoms with van der Waals surface area (Å²) in [6, 6.07) is 15.3.